The summed E-state index contributed by atoms with van der Waals surface area (Å²) in [6, 6.07) is 5.35. The van der Waals surface area contributed by atoms with Crippen molar-refractivity contribution < 1.29 is 8.78 Å². The largest absolute Gasteiger partial charge is 0.382 e. The fourth-order valence-electron chi connectivity index (χ4n) is 1.32. The predicted molar refractivity (Wildman–Crippen MR) is 59.0 cm³/mol. The number of rotatable bonds is 1. The minimum Gasteiger partial charge on any atom is -0.382 e. The number of anilines is 1. The lowest BCUT2D eigenvalue weighted by Crippen LogP contribution is -1.94. The molecule has 2 nitrogen and oxygen atoms in total. The van der Waals surface area contributed by atoms with E-state index in [4.69, 9.17) is 17.3 Å². The third-order valence-corrected chi connectivity index (χ3v) is 2.43. The van der Waals surface area contributed by atoms with Crippen molar-refractivity contribution >= 4 is 17.4 Å². The Morgan fingerprint density at radius 1 is 1.25 bits per heavy atom. The van der Waals surface area contributed by atoms with Crippen LogP contribution in [0.5, 0.6) is 0 Å². The van der Waals surface area contributed by atoms with Gasteiger partial charge in [-0.25, -0.2) is 13.8 Å². The Morgan fingerprint density at radius 2 is 2.00 bits per heavy atom. The fraction of sp³-hybridized carbons (Fsp3) is 0. The van der Waals surface area contributed by atoms with Crippen LogP contribution in [0.1, 0.15) is 0 Å². The second-order valence-electron chi connectivity index (χ2n) is 3.19. The third kappa shape index (κ3) is 1.84. The molecule has 0 saturated heterocycles. The molecule has 0 spiro atoms. The Morgan fingerprint density at radius 3 is 2.69 bits per heavy atom. The van der Waals surface area contributed by atoms with Crippen LogP contribution >= 0.6 is 11.6 Å². The van der Waals surface area contributed by atoms with Gasteiger partial charge in [-0.15, -0.1) is 0 Å². The molecule has 0 saturated carbocycles. The Kier molecular flexibility index (Phi) is 2.75. The number of hydrogen-bond donors (Lipinski definition) is 1. The van der Waals surface area contributed by atoms with Crippen LogP contribution in [0.3, 0.4) is 0 Å². The van der Waals surface area contributed by atoms with E-state index in [0.717, 1.165) is 6.07 Å². The van der Waals surface area contributed by atoms with Gasteiger partial charge in [-0.1, -0.05) is 23.7 Å². The highest BCUT2D eigenvalue weighted by Gasteiger charge is 2.10. The lowest BCUT2D eigenvalue weighted by atomic mass is 10.1. The van der Waals surface area contributed by atoms with Gasteiger partial charge in [0.2, 0.25) is 0 Å². The summed E-state index contributed by atoms with van der Waals surface area (Å²) in [6.07, 6.45) is 1.35. The van der Waals surface area contributed by atoms with Crippen molar-refractivity contribution in [3.8, 4) is 11.1 Å². The van der Waals surface area contributed by atoms with Gasteiger partial charge >= 0.3 is 0 Å². The van der Waals surface area contributed by atoms with Crippen LogP contribution in [0.15, 0.2) is 30.5 Å². The molecule has 0 aliphatic rings. The number of nitrogens with zero attached hydrogens (tertiary/aromatic N) is 1. The summed E-state index contributed by atoms with van der Waals surface area (Å²) < 4.78 is 26.4. The van der Waals surface area contributed by atoms with Crippen LogP contribution in [-0.2, 0) is 0 Å². The Labute approximate surface area is 95.7 Å². The zero-order valence-corrected chi connectivity index (χ0v) is 8.80. The van der Waals surface area contributed by atoms with Gasteiger partial charge in [0.1, 0.15) is 5.82 Å². The SMILES string of the molecule is Nc1ncc(-c2cccc(F)c2F)cc1Cl. The molecule has 0 aliphatic carbocycles. The quantitative estimate of drug-likeness (QED) is 0.831. The van der Waals surface area contributed by atoms with Crippen molar-refractivity contribution in [3.05, 3.63) is 47.1 Å². The van der Waals surface area contributed by atoms with E-state index >= 15 is 0 Å². The molecule has 2 N–H and O–H groups in total. The lowest BCUT2D eigenvalue weighted by Gasteiger charge is -2.05. The Hall–Kier alpha value is -1.68. The summed E-state index contributed by atoms with van der Waals surface area (Å²) in [5.41, 5.74) is 5.92. The zero-order valence-electron chi connectivity index (χ0n) is 8.05. The number of hydrogen-bond acceptors (Lipinski definition) is 2. The highest BCUT2D eigenvalue weighted by Crippen LogP contribution is 2.27. The summed E-state index contributed by atoms with van der Waals surface area (Å²) in [4.78, 5) is 3.78. The molecule has 82 valence electrons. The number of nitrogen functional groups attached to an aromatic ring is 1. The summed E-state index contributed by atoms with van der Waals surface area (Å²) in [5, 5.41) is 0.209. The molecule has 1 aromatic carbocycles. The second kappa shape index (κ2) is 4.06. The fourth-order valence-corrected chi connectivity index (χ4v) is 1.49. The van der Waals surface area contributed by atoms with Gasteiger partial charge in [-0.2, -0.15) is 0 Å². The maximum Gasteiger partial charge on any atom is 0.166 e. The number of pyridine rings is 1. The minimum atomic E-state index is -0.926. The molecule has 0 bridgehead atoms. The second-order valence-corrected chi connectivity index (χ2v) is 3.60. The monoisotopic (exact) mass is 240 g/mol. The molecule has 0 fully saturated rings. The highest BCUT2D eigenvalue weighted by atomic mass is 35.5. The van der Waals surface area contributed by atoms with Gasteiger partial charge in [0.15, 0.2) is 11.6 Å². The van der Waals surface area contributed by atoms with Gasteiger partial charge in [-0.05, 0) is 12.1 Å². The smallest absolute Gasteiger partial charge is 0.166 e. The van der Waals surface area contributed by atoms with E-state index in [-0.39, 0.29) is 16.4 Å². The number of halogens is 3. The molecular weight excluding hydrogens is 234 g/mol. The van der Waals surface area contributed by atoms with Crippen LogP contribution in [0.25, 0.3) is 11.1 Å². The van der Waals surface area contributed by atoms with E-state index in [1.807, 2.05) is 0 Å². The van der Waals surface area contributed by atoms with Gasteiger partial charge < -0.3 is 5.73 Å². The first-order valence-corrected chi connectivity index (χ1v) is 4.83. The predicted octanol–water partition coefficient (Wildman–Crippen LogP) is 3.26. The Balaban J connectivity index is 2.59. The average molecular weight is 241 g/mol. The van der Waals surface area contributed by atoms with E-state index < -0.39 is 11.6 Å². The summed E-state index contributed by atoms with van der Waals surface area (Å²) in [5.74, 6) is -1.68. The molecule has 5 heteroatoms. The van der Waals surface area contributed by atoms with Crippen molar-refractivity contribution in [2.75, 3.05) is 5.73 Å². The first-order valence-electron chi connectivity index (χ1n) is 4.45. The molecule has 0 unspecified atom stereocenters. The molecule has 2 aromatic rings. The van der Waals surface area contributed by atoms with E-state index in [1.54, 1.807) is 0 Å². The van der Waals surface area contributed by atoms with Gasteiger partial charge in [0.25, 0.3) is 0 Å². The molecule has 0 atom stereocenters. The van der Waals surface area contributed by atoms with Crippen LogP contribution in [-0.4, -0.2) is 4.98 Å². The first kappa shape index (κ1) is 10.8. The topological polar surface area (TPSA) is 38.9 Å². The van der Waals surface area contributed by atoms with Crippen molar-refractivity contribution in [2.45, 2.75) is 0 Å². The summed E-state index contributed by atoms with van der Waals surface area (Å²) >= 11 is 5.75. The van der Waals surface area contributed by atoms with Crippen molar-refractivity contribution in [3.63, 3.8) is 0 Å². The summed E-state index contributed by atoms with van der Waals surface area (Å²) in [6.45, 7) is 0. The van der Waals surface area contributed by atoms with Gasteiger partial charge in [0.05, 0.1) is 5.02 Å². The van der Waals surface area contributed by atoms with Crippen molar-refractivity contribution in [1.29, 1.82) is 0 Å². The molecule has 16 heavy (non-hydrogen) atoms. The average Bonchev–Trinajstić information content (AvgIpc) is 2.26. The van der Waals surface area contributed by atoms with E-state index in [9.17, 15) is 8.78 Å². The molecule has 1 aromatic heterocycles. The summed E-state index contributed by atoms with van der Waals surface area (Å²) in [7, 11) is 0. The number of nitrogens with two attached hydrogens (primary N) is 1. The van der Waals surface area contributed by atoms with Crippen LogP contribution in [0, 0.1) is 11.6 Å². The van der Waals surface area contributed by atoms with E-state index in [0.29, 0.717) is 5.56 Å². The number of benzene rings is 1. The zero-order chi connectivity index (χ0) is 11.7. The maximum atomic E-state index is 13.4. The van der Waals surface area contributed by atoms with Crippen molar-refractivity contribution in [1.82, 2.24) is 4.98 Å². The molecule has 0 radical (unpaired) electrons. The third-order valence-electron chi connectivity index (χ3n) is 2.13. The highest BCUT2D eigenvalue weighted by molar-refractivity contribution is 6.33. The molecule has 2 rings (SSSR count). The van der Waals surface area contributed by atoms with E-state index in [1.165, 1.54) is 24.4 Å². The van der Waals surface area contributed by atoms with Crippen LogP contribution < -0.4 is 5.73 Å². The molecule has 0 aliphatic heterocycles. The molecule has 1 heterocycles. The lowest BCUT2D eigenvalue weighted by molar-refractivity contribution is 0.511. The standard InChI is InChI=1S/C11H7ClF2N2/c12-8-4-6(5-16-11(8)15)7-2-1-3-9(13)10(7)14/h1-5H,(H2,15,16). The Bertz CT molecular complexity index is 544. The van der Waals surface area contributed by atoms with Crippen LogP contribution in [0.2, 0.25) is 5.02 Å². The minimum absolute atomic E-state index is 0.106. The van der Waals surface area contributed by atoms with Gasteiger partial charge in [-0.3, -0.25) is 0 Å². The van der Waals surface area contributed by atoms with Crippen LogP contribution in [0.4, 0.5) is 14.6 Å². The normalized spacial score (nSPS) is 10.4. The number of aromatic nitrogens is 1. The van der Waals surface area contributed by atoms with E-state index in [2.05, 4.69) is 4.98 Å². The van der Waals surface area contributed by atoms with Crippen molar-refractivity contribution in [2.24, 2.45) is 0 Å². The van der Waals surface area contributed by atoms with Gasteiger partial charge in [0, 0.05) is 17.3 Å². The first-order chi connectivity index (χ1) is 7.59. The maximum absolute atomic E-state index is 13.4. The molecular formula is C11H7ClF2N2. The molecule has 0 amide bonds.